The minimum Gasteiger partial charge on any atom is -0.321 e. The third-order valence-corrected chi connectivity index (χ3v) is 5.26. The van der Waals surface area contributed by atoms with Crippen LogP contribution >= 0.6 is 11.8 Å². The summed E-state index contributed by atoms with van der Waals surface area (Å²) in [5, 5.41) is 2.86. The normalized spacial score (nSPS) is 10.6. The van der Waals surface area contributed by atoms with Crippen molar-refractivity contribution in [1.29, 1.82) is 0 Å². The molecule has 27 heavy (non-hydrogen) atoms. The Labute approximate surface area is 163 Å². The van der Waals surface area contributed by atoms with Crippen LogP contribution in [0.25, 0.3) is 0 Å². The average Bonchev–Trinajstić information content (AvgIpc) is 2.66. The van der Waals surface area contributed by atoms with Gasteiger partial charge in [-0.05, 0) is 55.5 Å². The Balaban J connectivity index is 1.89. The van der Waals surface area contributed by atoms with Crippen molar-refractivity contribution >= 4 is 23.4 Å². The van der Waals surface area contributed by atoms with E-state index in [0.717, 1.165) is 21.6 Å². The average molecular weight is 378 g/mol. The maximum atomic E-state index is 12.9. The number of aryl methyl sites for hydroxylation is 2. The summed E-state index contributed by atoms with van der Waals surface area (Å²) in [7, 11) is 0. The molecule has 0 aliphatic carbocycles. The number of hydrogen-bond acceptors (Lipinski definition) is 3. The van der Waals surface area contributed by atoms with Gasteiger partial charge in [0, 0.05) is 11.1 Å². The number of aromatic nitrogens is 1. The maximum Gasteiger partial charge on any atom is 0.263 e. The number of nitrogens with zero attached hydrogens (tertiary/aromatic N) is 1. The monoisotopic (exact) mass is 378 g/mol. The SMILES string of the molecule is CSc1ccccc1NC(=O)c1cccn(Cc2cc(C)ccc2C)c1=O. The molecule has 0 spiro atoms. The van der Waals surface area contributed by atoms with Gasteiger partial charge in [-0.3, -0.25) is 9.59 Å². The second kappa shape index (κ2) is 8.27. The minimum atomic E-state index is -0.392. The molecule has 3 aromatic rings. The highest BCUT2D eigenvalue weighted by Gasteiger charge is 2.14. The highest BCUT2D eigenvalue weighted by Crippen LogP contribution is 2.24. The third-order valence-electron chi connectivity index (χ3n) is 4.47. The van der Waals surface area contributed by atoms with Crippen LogP contribution in [0.4, 0.5) is 5.69 Å². The molecule has 0 aliphatic heterocycles. The number of carbonyl (C=O) groups is 1. The summed E-state index contributed by atoms with van der Waals surface area (Å²) >= 11 is 1.55. The molecule has 1 heterocycles. The van der Waals surface area contributed by atoms with E-state index in [1.807, 2.05) is 50.4 Å². The Bertz CT molecular complexity index is 1040. The number of nitrogens with one attached hydrogen (secondary N) is 1. The summed E-state index contributed by atoms with van der Waals surface area (Å²) in [4.78, 5) is 26.5. The van der Waals surface area contributed by atoms with Crippen LogP contribution in [0.1, 0.15) is 27.0 Å². The van der Waals surface area contributed by atoms with Crippen molar-refractivity contribution in [2.75, 3.05) is 11.6 Å². The lowest BCUT2D eigenvalue weighted by molar-refractivity contribution is 0.102. The van der Waals surface area contributed by atoms with E-state index in [0.29, 0.717) is 12.2 Å². The number of para-hydroxylation sites is 1. The van der Waals surface area contributed by atoms with E-state index in [2.05, 4.69) is 17.4 Å². The molecule has 4 nitrogen and oxygen atoms in total. The smallest absolute Gasteiger partial charge is 0.263 e. The van der Waals surface area contributed by atoms with Crippen molar-refractivity contribution in [2.24, 2.45) is 0 Å². The Hall–Kier alpha value is -2.79. The van der Waals surface area contributed by atoms with E-state index >= 15 is 0 Å². The molecular weight excluding hydrogens is 356 g/mol. The van der Waals surface area contributed by atoms with Gasteiger partial charge >= 0.3 is 0 Å². The molecule has 0 saturated heterocycles. The number of benzene rings is 2. The van der Waals surface area contributed by atoms with E-state index in [9.17, 15) is 9.59 Å². The zero-order valence-corrected chi connectivity index (χ0v) is 16.5. The van der Waals surface area contributed by atoms with Crippen molar-refractivity contribution in [3.63, 3.8) is 0 Å². The van der Waals surface area contributed by atoms with Crippen LogP contribution in [0.3, 0.4) is 0 Å². The summed E-state index contributed by atoms with van der Waals surface area (Å²) < 4.78 is 1.58. The van der Waals surface area contributed by atoms with Gasteiger partial charge in [-0.15, -0.1) is 11.8 Å². The number of hydrogen-bond donors (Lipinski definition) is 1. The first-order chi connectivity index (χ1) is 13.0. The summed E-state index contributed by atoms with van der Waals surface area (Å²) in [6.45, 7) is 4.49. The Kier molecular flexibility index (Phi) is 5.81. The standard InChI is InChI=1S/C22H22N2O2S/c1-15-10-11-16(2)17(13-15)14-24-12-6-7-18(22(24)26)21(25)23-19-8-4-5-9-20(19)27-3/h4-13H,14H2,1-3H3,(H,23,25). The lowest BCUT2D eigenvalue weighted by atomic mass is 10.1. The number of anilines is 1. The van der Waals surface area contributed by atoms with Gasteiger partial charge in [-0.25, -0.2) is 0 Å². The van der Waals surface area contributed by atoms with Gasteiger partial charge in [0.05, 0.1) is 12.2 Å². The van der Waals surface area contributed by atoms with Crippen molar-refractivity contribution in [1.82, 2.24) is 4.57 Å². The maximum absolute atomic E-state index is 12.9. The molecule has 0 radical (unpaired) electrons. The van der Waals surface area contributed by atoms with Crippen molar-refractivity contribution in [3.05, 3.63) is 93.4 Å². The van der Waals surface area contributed by atoms with Gasteiger partial charge in [0.15, 0.2) is 0 Å². The summed E-state index contributed by atoms with van der Waals surface area (Å²) in [6.07, 6.45) is 3.67. The third kappa shape index (κ3) is 4.31. The quantitative estimate of drug-likeness (QED) is 0.666. The van der Waals surface area contributed by atoms with Crippen molar-refractivity contribution in [3.8, 4) is 0 Å². The highest BCUT2D eigenvalue weighted by atomic mass is 32.2. The van der Waals surface area contributed by atoms with E-state index in [4.69, 9.17) is 0 Å². The van der Waals surface area contributed by atoms with E-state index in [-0.39, 0.29) is 11.1 Å². The molecule has 0 saturated carbocycles. The second-order valence-electron chi connectivity index (χ2n) is 6.44. The van der Waals surface area contributed by atoms with E-state index in [1.54, 1.807) is 34.7 Å². The molecule has 0 unspecified atom stereocenters. The van der Waals surface area contributed by atoms with Crippen LogP contribution in [-0.4, -0.2) is 16.7 Å². The zero-order chi connectivity index (χ0) is 19.4. The first-order valence-electron chi connectivity index (χ1n) is 8.69. The Morgan fingerprint density at radius 2 is 1.85 bits per heavy atom. The van der Waals surface area contributed by atoms with Crippen LogP contribution in [0, 0.1) is 13.8 Å². The summed E-state index contributed by atoms with van der Waals surface area (Å²) in [5.74, 6) is -0.392. The second-order valence-corrected chi connectivity index (χ2v) is 7.29. The molecule has 1 amide bonds. The van der Waals surface area contributed by atoms with Crippen molar-refractivity contribution < 1.29 is 4.79 Å². The first-order valence-corrected chi connectivity index (χ1v) is 9.92. The molecule has 0 aliphatic rings. The van der Waals surface area contributed by atoms with Gasteiger partial charge in [-0.1, -0.05) is 35.9 Å². The van der Waals surface area contributed by atoms with Crippen LogP contribution in [0.5, 0.6) is 0 Å². The van der Waals surface area contributed by atoms with Crippen LogP contribution in [-0.2, 0) is 6.54 Å². The number of thioether (sulfide) groups is 1. The van der Waals surface area contributed by atoms with Crippen molar-refractivity contribution in [2.45, 2.75) is 25.3 Å². The molecule has 1 N–H and O–H groups in total. The van der Waals surface area contributed by atoms with Gasteiger partial charge in [0.25, 0.3) is 11.5 Å². The predicted octanol–water partition coefficient (Wildman–Crippen LogP) is 4.49. The summed E-state index contributed by atoms with van der Waals surface area (Å²) in [6, 6.07) is 17.0. The van der Waals surface area contributed by atoms with Crippen LogP contribution < -0.4 is 10.9 Å². The fourth-order valence-corrected chi connectivity index (χ4v) is 3.48. The lowest BCUT2D eigenvalue weighted by Gasteiger charge is -2.12. The lowest BCUT2D eigenvalue weighted by Crippen LogP contribution is -2.29. The number of rotatable bonds is 5. The molecular formula is C22H22N2O2S. The van der Waals surface area contributed by atoms with E-state index < -0.39 is 5.91 Å². The molecule has 1 aromatic heterocycles. The topological polar surface area (TPSA) is 51.1 Å². The first kappa shape index (κ1) is 19.0. The summed E-state index contributed by atoms with van der Waals surface area (Å²) in [5.41, 5.74) is 3.89. The Morgan fingerprint density at radius 1 is 1.07 bits per heavy atom. The molecule has 0 bridgehead atoms. The fourth-order valence-electron chi connectivity index (χ4n) is 2.93. The van der Waals surface area contributed by atoms with Crippen LogP contribution in [0.15, 0.2) is 70.5 Å². The molecule has 2 aromatic carbocycles. The van der Waals surface area contributed by atoms with Gasteiger partial charge < -0.3 is 9.88 Å². The van der Waals surface area contributed by atoms with Gasteiger partial charge in [-0.2, -0.15) is 0 Å². The molecule has 138 valence electrons. The fraction of sp³-hybridized carbons (Fsp3) is 0.182. The zero-order valence-electron chi connectivity index (χ0n) is 15.7. The van der Waals surface area contributed by atoms with E-state index in [1.165, 1.54) is 0 Å². The number of amides is 1. The van der Waals surface area contributed by atoms with Crippen LogP contribution in [0.2, 0.25) is 0 Å². The number of pyridine rings is 1. The molecule has 0 atom stereocenters. The predicted molar refractivity (Wildman–Crippen MR) is 112 cm³/mol. The Morgan fingerprint density at radius 3 is 2.63 bits per heavy atom. The van der Waals surface area contributed by atoms with Gasteiger partial charge in [0.2, 0.25) is 0 Å². The molecule has 3 rings (SSSR count). The minimum absolute atomic E-state index is 0.138. The largest absolute Gasteiger partial charge is 0.321 e. The molecule has 5 heteroatoms. The number of carbonyl (C=O) groups excluding carboxylic acids is 1. The molecule has 0 fully saturated rings. The highest BCUT2D eigenvalue weighted by molar-refractivity contribution is 7.98. The van der Waals surface area contributed by atoms with Gasteiger partial charge in [0.1, 0.15) is 5.56 Å².